The minimum absolute atomic E-state index is 0.0855. The van der Waals surface area contributed by atoms with Crippen molar-refractivity contribution in [3.63, 3.8) is 0 Å². The van der Waals surface area contributed by atoms with Crippen LogP contribution < -0.4 is 10.6 Å². The van der Waals surface area contributed by atoms with Gasteiger partial charge in [0, 0.05) is 26.2 Å². The first-order chi connectivity index (χ1) is 13.9. The van der Waals surface area contributed by atoms with Crippen LogP contribution in [-0.4, -0.2) is 90.1 Å². The molecule has 3 heterocycles. The molecule has 3 atom stereocenters. The number of carbonyl (C=O) groups is 2. The van der Waals surface area contributed by atoms with E-state index >= 15 is 0 Å². The Labute approximate surface area is 170 Å². The highest BCUT2D eigenvalue weighted by atomic mass is 16.5. The van der Waals surface area contributed by atoms with Crippen molar-refractivity contribution >= 4 is 17.6 Å². The summed E-state index contributed by atoms with van der Waals surface area (Å²) in [6.07, 6.45) is 0.776. The van der Waals surface area contributed by atoms with Crippen LogP contribution in [0.25, 0.3) is 0 Å². The Kier molecular flexibility index (Phi) is 7.09. The lowest BCUT2D eigenvalue weighted by molar-refractivity contribution is -0.141. The molecule has 0 saturated carbocycles. The van der Waals surface area contributed by atoms with Crippen LogP contribution in [-0.2, 0) is 9.53 Å². The fourth-order valence-electron chi connectivity index (χ4n) is 3.81. The number of hydrogen-bond acceptors (Lipinski definition) is 7. The molecule has 0 unspecified atom stereocenters. The van der Waals surface area contributed by atoms with E-state index in [1.807, 2.05) is 11.9 Å². The van der Waals surface area contributed by atoms with Gasteiger partial charge in [0.15, 0.2) is 5.76 Å². The number of aromatic nitrogens is 1. The molecule has 10 heteroatoms. The van der Waals surface area contributed by atoms with E-state index < -0.39 is 12.1 Å². The second kappa shape index (κ2) is 9.55. The second-order valence-corrected chi connectivity index (χ2v) is 7.85. The first-order valence-electron chi connectivity index (χ1n) is 10.1. The maximum Gasteiger partial charge on any atom is 0.319 e. The Morgan fingerprint density at radius 1 is 1.21 bits per heavy atom. The van der Waals surface area contributed by atoms with Gasteiger partial charge in [-0.1, -0.05) is 5.16 Å². The molecule has 3 N–H and O–H groups in total. The zero-order valence-corrected chi connectivity index (χ0v) is 17.3. The summed E-state index contributed by atoms with van der Waals surface area (Å²) in [6.45, 7) is 6.46. The maximum absolute atomic E-state index is 12.5. The number of aliphatic hydroxyl groups is 1. The number of urea groups is 1. The first-order valence-corrected chi connectivity index (χ1v) is 10.1. The lowest BCUT2D eigenvalue weighted by Crippen LogP contribution is -2.53. The fourth-order valence-corrected chi connectivity index (χ4v) is 3.81. The molecule has 0 spiro atoms. The summed E-state index contributed by atoms with van der Waals surface area (Å²) in [4.78, 5) is 29.0. The third-order valence-electron chi connectivity index (χ3n) is 5.64. The minimum atomic E-state index is -0.551. The summed E-state index contributed by atoms with van der Waals surface area (Å²) in [5.41, 5.74) is 1.13. The van der Waals surface area contributed by atoms with Crippen LogP contribution in [0.4, 0.5) is 10.5 Å². The average molecular weight is 409 g/mol. The number of nitrogens with one attached hydrogen (secondary N) is 2. The maximum atomic E-state index is 12.5. The fraction of sp³-hybridized carbons (Fsp3) is 0.737. The van der Waals surface area contributed by atoms with Gasteiger partial charge in [-0.3, -0.25) is 4.79 Å². The van der Waals surface area contributed by atoms with E-state index in [9.17, 15) is 14.7 Å². The molecule has 29 heavy (non-hydrogen) atoms. The smallest absolute Gasteiger partial charge is 0.319 e. The third-order valence-corrected chi connectivity index (χ3v) is 5.64. The molecule has 162 valence electrons. The Bertz CT molecular complexity index is 696. The molecule has 0 aromatic carbocycles. The second-order valence-electron chi connectivity index (χ2n) is 7.85. The van der Waals surface area contributed by atoms with Crippen molar-refractivity contribution in [2.24, 2.45) is 0 Å². The number of nitrogens with zero attached hydrogens (tertiary/aromatic N) is 3. The summed E-state index contributed by atoms with van der Waals surface area (Å²) in [5, 5.41) is 19.1. The first kappa shape index (κ1) is 21.5. The third kappa shape index (κ3) is 5.46. The number of aliphatic hydroxyl groups excluding tert-OH is 1. The highest BCUT2D eigenvalue weighted by molar-refractivity contribution is 5.90. The van der Waals surface area contributed by atoms with Crippen LogP contribution in [0.2, 0.25) is 0 Å². The highest BCUT2D eigenvalue weighted by Crippen LogP contribution is 2.24. The van der Waals surface area contributed by atoms with Crippen LogP contribution in [0.15, 0.2) is 4.52 Å². The van der Waals surface area contributed by atoms with Crippen LogP contribution in [0.3, 0.4) is 0 Å². The predicted molar refractivity (Wildman–Crippen MR) is 106 cm³/mol. The number of likely N-dealkylation sites (N-methyl/N-ethyl adjacent to an activating group) is 1. The quantitative estimate of drug-likeness (QED) is 0.647. The molecular weight excluding hydrogens is 378 g/mol. The van der Waals surface area contributed by atoms with E-state index in [4.69, 9.17) is 9.26 Å². The SMILES string of the molecule is Cc1noc(C)c1NC(=O)N[C@@H]1CC[C@@H](CC(=O)N2CCN(C)CC2)O[C@@H]1CO. The van der Waals surface area contributed by atoms with Crippen molar-refractivity contribution in [2.45, 2.75) is 51.4 Å². The standard InChI is InChI=1S/C19H31N5O5/c1-12-18(13(2)29-22-12)21-19(27)20-15-5-4-14(28-16(15)11-25)10-17(26)24-8-6-23(3)7-9-24/h14-16,25H,4-11H2,1-3H3,(H2,20,21,27)/t14-,15+,16+/m0/s1. The van der Waals surface area contributed by atoms with Crippen molar-refractivity contribution in [3.8, 4) is 0 Å². The van der Waals surface area contributed by atoms with Crippen LogP contribution in [0, 0.1) is 13.8 Å². The van der Waals surface area contributed by atoms with E-state index in [2.05, 4.69) is 20.7 Å². The Hall–Kier alpha value is -2.17. The largest absolute Gasteiger partial charge is 0.394 e. The summed E-state index contributed by atoms with van der Waals surface area (Å²) < 4.78 is 11.0. The number of hydrogen-bond donors (Lipinski definition) is 3. The number of anilines is 1. The van der Waals surface area contributed by atoms with Gasteiger partial charge in [-0.05, 0) is 33.7 Å². The van der Waals surface area contributed by atoms with Crippen LogP contribution in [0.1, 0.15) is 30.7 Å². The molecule has 0 aliphatic carbocycles. The molecule has 2 fully saturated rings. The molecule has 10 nitrogen and oxygen atoms in total. The number of amides is 3. The van der Waals surface area contributed by atoms with E-state index in [0.29, 0.717) is 36.4 Å². The lowest BCUT2D eigenvalue weighted by Gasteiger charge is -2.37. The van der Waals surface area contributed by atoms with Gasteiger partial charge >= 0.3 is 6.03 Å². The number of piperazine rings is 1. The summed E-state index contributed by atoms with van der Waals surface area (Å²) >= 11 is 0. The number of aryl methyl sites for hydroxylation is 2. The van der Waals surface area contributed by atoms with E-state index in [-0.39, 0.29) is 24.7 Å². The normalized spacial score (nSPS) is 25.7. The van der Waals surface area contributed by atoms with Crippen LogP contribution >= 0.6 is 0 Å². The van der Waals surface area contributed by atoms with Gasteiger partial charge in [0.1, 0.15) is 17.5 Å². The van der Waals surface area contributed by atoms with Gasteiger partial charge < -0.3 is 34.8 Å². The molecule has 1 aromatic heterocycles. The molecule has 3 amide bonds. The molecule has 3 rings (SSSR count). The molecule has 0 radical (unpaired) electrons. The van der Waals surface area contributed by atoms with Gasteiger partial charge in [0.2, 0.25) is 5.91 Å². The number of ether oxygens (including phenoxy) is 1. The monoisotopic (exact) mass is 409 g/mol. The summed E-state index contributed by atoms with van der Waals surface area (Å²) in [5.74, 6) is 0.612. The van der Waals surface area contributed by atoms with Crippen molar-refractivity contribution in [3.05, 3.63) is 11.5 Å². The van der Waals surface area contributed by atoms with Crippen molar-refractivity contribution in [1.82, 2.24) is 20.3 Å². The Balaban J connectivity index is 1.49. The van der Waals surface area contributed by atoms with Gasteiger partial charge in [0.05, 0.1) is 25.2 Å². The van der Waals surface area contributed by atoms with Gasteiger partial charge in [-0.25, -0.2) is 4.79 Å². The molecule has 2 aliphatic rings. The molecular formula is C19H31N5O5. The van der Waals surface area contributed by atoms with Crippen molar-refractivity contribution in [1.29, 1.82) is 0 Å². The minimum Gasteiger partial charge on any atom is -0.394 e. The zero-order valence-electron chi connectivity index (χ0n) is 17.3. The summed E-state index contributed by atoms with van der Waals surface area (Å²) in [7, 11) is 2.05. The molecule has 2 saturated heterocycles. The lowest BCUT2D eigenvalue weighted by atomic mass is 9.97. The summed E-state index contributed by atoms with van der Waals surface area (Å²) in [6, 6.07) is -0.742. The molecule has 2 aliphatic heterocycles. The van der Waals surface area contributed by atoms with Gasteiger partial charge in [-0.15, -0.1) is 0 Å². The molecule has 0 bridgehead atoms. The Morgan fingerprint density at radius 2 is 1.93 bits per heavy atom. The van der Waals surface area contributed by atoms with Crippen molar-refractivity contribution < 1.29 is 24.0 Å². The van der Waals surface area contributed by atoms with E-state index in [1.165, 1.54) is 0 Å². The number of carbonyl (C=O) groups excluding carboxylic acids is 2. The number of rotatable bonds is 5. The highest BCUT2D eigenvalue weighted by Gasteiger charge is 2.34. The van der Waals surface area contributed by atoms with Gasteiger partial charge in [0.25, 0.3) is 0 Å². The predicted octanol–water partition coefficient (Wildman–Crippen LogP) is 0.486. The van der Waals surface area contributed by atoms with E-state index in [1.54, 1.807) is 13.8 Å². The van der Waals surface area contributed by atoms with Gasteiger partial charge in [-0.2, -0.15) is 0 Å². The van der Waals surface area contributed by atoms with E-state index in [0.717, 1.165) is 26.2 Å². The molecule has 1 aromatic rings. The Morgan fingerprint density at radius 3 is 2.55 bits per heavy atom. The zero-order chi connectivity index (χ0) is 21.0. The van der Waals surface area contributed by atoms with Crippen molar-refractivity contribution in [2.75, 3.05) is 45.2 Å². The average Bonchev–Trinajstić information content (AvgIpc) is 3.01. The topological polar surface area (TPSA) is 120 Å². The van der Waals surface area contributed by atoms with Crippen LogP contribution in [0.5, 0.6) is 0 Å².